The summed E-state index contributed by atoms with van der Waals surface area (Å²) in [5, 5.41) is 13.7. The van der Waals surface area contributed by atoms with Gasteiger partial charge < -0.3 is 19.7 Å². The Balaban J connectivity index is 1.91. The summed E-state index contributed by atoms with van der Waals surface area (Å²) in [7, 11) is 1.62. The van der Waals surface area contributed by atoms with Crippen LogP contribution in [0.5, 0.6) is 11.5 Å². The predicted molar refractivity (Wildman–Crippen MR) is 107 cm³/mol. The number of nitrogens with one attached hydrogen (secondary N) is 1. The molecule has 0 aliphatic heterocycles. The third kappa shape index (κ3) is 3.92. The van der Waals surface area contributed by atoms with Crippen LogP contribution in [-0.2, 0) is 13.1 Å². The van der Waals surface area contributed by atoms with E-state index in [1.807, 2.05) is 37.3 Å². The highest BCUT2D eigenvalue weighted by molar-refractivity contribution is 6.08. The third-order valence-corrected chi connectivity index (χ3v) is 4.86. The number of benzene rings is 2. The molecule has 0 spiro atoms. The summed E-state index contributed by atoms with van der Waals surface area (Å²) in [5.41, 5.74) is 3.50. The molecule has 0 atom stereocenters. The summed E-state index contributed by atoms with van der Waals surface area (Å²) in [6.45, 7) is 5.38. The Morgan fingerprint density at radius 3 is 2.78 bits per heavy atom. The highest BCUT2D eigenvalue weighted by Crippen LogP contribution is 2.29. The van der Waals surface area contributed by atoms with Gasteiger partial charge in [-0.05, 0) is 49.2 Å². The van der Waals surface area contributed by atoms with Crippen LogP contribution in [0.4, 0.5) is 0 Å². The first-order chi connectivity index (χ1) is 13.0. The van der Waals surface area contributed by atoms with Crippen LogP contribution < -0.4 is 10.1 Å². The fourth-order valence-electron chi connectivity index (χ4n) is 3.41. The molecule has 1 amide bonds. The van der Waals surface area contributed by atoms with Crippen LogP contribution in [0.15, 0.2) is 42.5 Å². The Kier molecular flexibility index (Phi) is 5.69. The maximum absolute atomic E-state index is 13.0. The van der Waals surface area contributed by atoms with Crippen molar-refractivity contribution in [2.75, 3.05) is 7.11 Å². The van der Waals surface area contributed by atoms with Crippen molar-refractivity contribution in [3.05, 3.63) is 59.3 Å². The molecule has 0 fully saturated rings. The van der Waals surface area contributed by atoms with Crippen molar-refractivity contribution in [1.29, 1.82) is 0 Å². The van der Waals surface area contributed by atoms with Crippen LogP contribution in [0.2, 0.25) is 0 Å². The molecule has 0 bridgehead atoms. The second-order valence-corrected chi connectivity index (χ2v) is 6.70. The molecule has 0 saturated carbocycles. The standard InChI is InChI=1S/C22H26N2O3/c1-4-5-11-24-15(2)21(19-13-17(25)9-10-20(19)24)22(26)23-14-16-7-6-8-18(12-16)27-3/h6-10,12-13,25H,4-5,11,14H2,1-3H3,(H,23,26). The second kappa shape index (κ2) is 8.16. The number of nitrogens with zero attached hydrogens (tertiary/aromatic N) is 1. The minimum absolute atomic E-state index is 0.138. The van der Waals surface area contributed by atoms with Crippen molar-refractivity contribution in [3.8, 4) is 11.5 Å². The van der Waals surface area contributed by atoms with Gasteiger partial charge in [0.2, 0.25) is 0 Å². The molecule has 0 radical (unpaired) electrons. The van der Waals surface area contributed by atoms with E-state index in [4.69, 9.17) is 4.74 Å². The van der Waals surface area contributed by atoms with E-state index in [1.54, 1.807) is 19.2 Å². The van der Waals surface area contributed by atoms with E-state index >= 15 is 0 Å². The molecule has 3 rings (SSSR count). The van der Waals surface area contributed by atoms with Crippen molar-refractivity contribution in [3.63, 3.8) is 0 Å². The Labute approximate surface area is 159 Å². The fourth-order valence-corrected chi connectivity index (χ4v) is 3.41. The Morgan fingerprint density at radius 2 is 2.04 bits per heavy atom. The smallest absolute Gasteiger partial charge is 0.254 e. The first kappa shape index (κ1) is 18.8. The molecule has 2 N–H and O–H groups in total. The first-order valence-electron chi connectivity index (χ1n) is 9.28. The summed E-state index contributed by atoms with van der Waals surface area (Å²) in [5.74, 6) is 0.789. The summed E-state index contributed by atoms with van der Waals surface area (Å²) in [6.07, 6.45) is 2.12. The topological polar surface area (TPSA) is 63.5 Å². The highest BCUT2D eigenvalue weighted by atomic mass is 16.5. The number of fused-ring (bicyclic) bond motifs is 1. The number of carbonyl (C=O) groups is 1. The number of phenols is 1. The van der Waals surface area contributed by atoms with Gasteiger partial charge in [0.05, 0.1) is 12.7 Å². The molecule has 0 unspecified atom stereocenters. The van der Waals surface area contributed by atoms with Gasteiger partial charge in [0.1, 0.15) is 11.5 Å². The lowest BCUT2D eigenvalue weighted by atomic mass is 10.1. The second-order valence-electron chi connectivity index (χ2n) is 6.70. The van der Waals surface area contributed by atoms with Crippen LogP contribution in [0.25, 0.3) is 10.9 Å². The van der Waals surface area contributed by atoms with Crippen LogP contribution in [0.1, 0.15) is 41.4 Å². The van der Waals surface area contributed by atoms with Crippen molar-refractivity contribution < 1.29 is 14.6 Å². The molecule has 0 aliphatic rings. The predicted octanol–water partition coefficient (Wildman–Crippen LogP) is 4.39. The number of aryl methyl sites for hydroxylation is 1. The quantitative estimate of drug-likeness (QED) is 0.652. The number of amides is 1. The van der Waals surface area contributed by atoms with Gasteiger partial charge in [0.25, 0.3) is 5.91 Å². The molecule has 3 aromatic rings. The average molecular weight is 366 g/mol. The number of ether oxygens (including phenoxy) is 1. The molecule has 27 heavy (non-hydrogen) atoms. The lowest BCUT2D eigenvalue weighted by Crippen LogP contribution is -2.23. The van der Waals surface area contributed by atoms with E-state index in [9.17, 15) is 9.90 Å². The van der Waals surface area contributed by atoms with E-state index in [1.165, 1.54) is 0 Å². The number of rotatable bonds is 7. The number of unbranched alkanes of at least 4 members (excludes halogenated alkanes) is 1. The Morgan fingerprint density at radius 1 is 1.22 bits per heavy atom. The summed E-state index contributed by atoms with van der Waals surface area (Å²) >= 11 is 0. The van der Waals surface area contributed by atoms with Gasteiger partial charge in [-0.15, -0.1) is 0 Å². The monoisotopic (exact) mass is 366 g/mol. The fraction of sp³-hybridized carbons (Fsp3) is 0.318. The maximum Gasteiger partial charge on any atom is 0.254 e. The normalized spacial score (nSPS) is 10.9. The Hall–Kier alpha value is -2.95. The summed E-state index contributed by atoms with van der Waals surface area (Å²) < 4.78 is 7.40. The highest BCUT2D eigenvalue weighted by Gasteiger charge is 2.20. The van der Waals surface area contributed by atoms with Gasteiger partial charge in [-0.1, -0.05) is 25.5 Å². The molecule has 1 aromatic heterocycles. The number of hydrogen-bond acceptors (Lipinski definition) is 3. The lowest BCUT2D eigenvalue weighted by molar-refractivity contribution is 0.0951. The minimum Gasteiger partial charge on any atom is -0.508 e. The molecule has 0 aliphatic carbocycles. The van der Waals surface area contributed by atoms with E-state index < -0.39 is 0 Å². The molecule has 142 valence electrons. The zero-order valence-electron chi connectivity index (χ0n) is 16.1. The van der Waals surface area contributed by atoms with Crippen LogP contribution in [0, 0.1) is 6.92 Å². The van der Waals surface area contributed by atoms with Gasteiger partial charge in [-0.3, -0.25) is 4.79 Å². The largest absolute Gasteiger partial charge is 0.508 e. The molecular formula is C22H26N2O3. The zero-order valence-corrected chi connectivity index (χ0v) is 16.1. The molecule has 5 nitrogen and oxygen atoms in total. The number of aromatic nitrogens is 1. The van der Waals surface area contributed by atoms with Crippen LogP contribution in [0.3, 0.4) is 0 Å². The average Bonchev–Trinajstić information content (AvgIpc) is 2.95. The molecule has 1 heterocycles. The molecular weight excluding hydrogens is 340 g/mol. The third-order valence-electron chi connectivity index (χ3n) is 4.86. The van der Waals surface area contributed by atoms with E-state index in [0.29, 0.717) is 12.1 Å². The van der Waals surface area contributed by atoms with Gasteiger partial charge in [-0.25, -0.2) is 0 Å². The van der Waals surface area contributed by atoms with E-state index in [-0.39, 0.29) is 11.7 Å². The number of hydrogen-bond donors (Lipinski definition) is 2. The summed E-state index contributed by atoms with van der Waals surface area (Å²) in [4.78, 5) is 13.0. The van der Waals surface area contributed by atoms with Gasteiger partial charge in [-0.2, -0.15) is 0 Å². The number of aromatic hydroxyl groups is 1. The molecule has 0 saturated heterocycles. The van der Waals surface area contributed by atoms with E-state index in [0.717, 1.165) is 47.3 Å². The molecule has 2 aromatic carbocycles. The van der Waals surface area contributed by atoms with Crippen molar-refractivity contribution in [1.82, 2.24) is 9.88 Å². The maximum atomic E-state index is 13.0. The van der Waals surface area contributed by atoms with Crippen LogP contribution in [-0.4, -0.2) is 22.7 Å². The first-order valence-corrected chi connectivity index (χ1v) is 9.28. The zero-order chi connectivity index (χ0) is 19.4. The van der Waals surface area contributed by atoms with Gasteiger partial charge in [0.15, 0.2) is 0 Å². The molecule has 5 heteroatoms. The number of carbonyl (C=O) groups excluding carboxylic acids is 1. The Bertz CT molecular complexity index is 960. The lowest BCUT2D eigenvalue weighted by Gasteiger charge is -2.09. The van der Waals surface area contributed by atoms with Gasteiger partial charge >= 0.3 is 0 Å². The SMILES string of the molecule is CCCCn1c(C)c(C(=O)NCc2cccc(OC)c2)c2cc(O)ccc21. The minimum atomic E-state index is -0.138. The van der Waals surface area contributed by atoms with Crippen molar-refractivity contribution in [2.45, 2.75) is 39.8 Å². The van der Waals surface area contributed by atoms with Crippen molar-refractivity contribution in [2.24, 2.45) is 0 Å². The van der Waals surface area contributed by atoms with Gasteiger partial charge in [0, 0.05) is 29.7 Å². The number of methoxy groups -OCH3 is 1. The van der Waals surface area contributed by atoms with E-state index in [2.05, 4.69) is 16.8 Å². The van der Waals surface area contributed by atoms with Crippen molar-refractivity contribution >= 4 is 16.8 Å². The van der Waals surface area contributed by atoms with Crippen LogP contribution >= 0.6 is 0 Å². The number of phenolic OH excluding ortho intramolecular Hbond substituents is 1. The summed E-state index contributed by atoms with van der Waals surface area (Å²) in [6, 6.07) is 12.9.